The Morgan fingerprint density at radius 2 is 1.91 bits per heavy atom. The van der Waals surface area contributed by atoms with Crippen LogP contribution in [0.2, 0.25) is 0 Å². The van der Waals surface area contributed by atoms with Gasteiger partial charge in [0.25, 0.3) is 11.1 Å². The van der Waals surface area contributed by atoms with Gasteiger partial charge in [0, 0.05) is 11.6 Å². The van der Waals surface area contributed by atoms with Gasteiger partial charge in [-0.05, 0) is 53.2 Å². The van der Waals surface area contributed by atoms with Gasteiger partial charge < -0.3 is 0 Å². The van der Waals surface area contributed by atoms with E-state index >= 15 is 0 Å². The number of halogens is 3. The highest BCUT2D eigenvalue weighted by Gasteiger charge is 2.37. The number of amides is 2. The van der Waals surface area contributed by atoms with E-state index in [1.54, 1.807) is 24.3 Å². The second-order valence-electron chi connectivity index (χ2n) is 7.77. The van der Waals surface area contributed by atoms with Crippen molar-refractivity contribution in [2.45, 2.75) is 12.7 Å². The third-order valence-corrected chi connectivity index (χ3v) is 6.70. The van der Waals surface area contributed by atoms with Crippen molar-refractivity contribution in [3.05, 3.63) is 69.8 Å². The molecule has 180 valence electrons. The Balaban J connectivity index is 1.63. The predicted octanol–water partition coefficient (Wildman–Crippen LogP) is 4.01. The average Bonchev–Trinajstić information content (AvgIpc) is 3.28. The molecule has 1 saturated heterocycles. The van der Waals surface area contributed by atoms with Crippen LogP contribution in [0.25, 0.3) is 17.0 Å². The van der Waals surface area contributed by atoms with Crippen LogP contribution in [0.5, 0.6) is 0 Å². The number of imide groups is 1. The summed E-state index contributed by atoms with van der Waals surface area (Å²) >= 11 is 0.620. The molecule has 0 atom stereocenters. The lowest BCUT2D eigenvalue weighted by molar-refractivity contribution is -0.138. The van der Waals surface area contributed by atoms with Gasteiger partial charge in [-0.3, -0.25) is 19.2 Å². The Kier molecular flexibility index (Phi) is 6.20. The Bertz CT molecular complexity index is 1550. The molecule has 3 aromatic rings. The van der Waals surface area contributed by atoms with Crippen LogP contribution in [0.3, 0.4) is 0 Å². The number of benzene rings is 2. The molecular formula is C22H15F3N4O4S2. The average molecular weight is 521 g/mol. The van der Waals surface area contributed by atoms with Crippen LogP contribution in [-0.2, 0) is 27.4 Å². The lowest BCUT2D eigenvalue weighted by Crippen LogP contribution is -2.33. The minimum absolute atomic E-state index is 0.0508. The smallest absolute Gasteiger partial charge is 0.268 e. The lowest BCUT2D eigenvalue weighted by Gasteiger charge is -2.14. The first kappa shape index (κ1) is 24.5. The van der Waals surface area contributed by atoms with Crippen molar-refractivity contribution in [2.75, 3.05) is 12.1 Å². The molecule has 1 aromatic heterocycles. The van der Waals surface area contributed by atoms with Crippen LogP contribution in [-0.4, -0.2) is 46.4 Å². The first-order valence-electron chi connectivity index (χ1n) is 9.84. The van der Waals surface area contributed by atoms with Crippen molar-refractivity contribution in [2.24, 2.45) is 0 Å². The maximum Gasteiger partial charge on any atom is 0.416 e. The molecule has 0 unspecified atom stereocenters. The van der Waals surface area contributed by atoms with Gasteiger partial charge in [0.05, 0.1) is 40.4 Å². The number of aromatic nitrogens is 2. The molecule has 0 N–H and O–H groups in total. The van der Waals surface area contributed by atoms with E-state index in [0.717, 1.165) is 12.3 Å². The fraction of sp³-hybridized carbons (Fsp3) is 0.182. The number of hydrogen-bond acceptors (Lipinski definition) is 7. The van der Waals surface area contributed by atoms with Crippen molar-refractivity contribution >= 4 is 49.7 Å². The molecule has 0 radical (unpaired) electrons. The monoisotopic (exact) mass is 520 g/mol. The van der Waals surface area contributed by atoms with E-state index in [2.05, 4.69) is 5.10 Å². The maximum absolute atomic E-state index is 13.5. The fourth-order valence-electron chi connectivity index (χ4n) is 3.53. The van der Waals surface area contributed by atoms with Crippen LogP contribution in [0, 0.1) is 11.3 Å². The molecule has 0 aliphatic carbocycles. The Morgan fingerprint density at radius 3 is 2.57 bits per heavy atom. The number of thioether (sulfide) groups is 1. The molecular weight excluding hydrogens is 505 g/mol. The van der Waals surface area contributed by atoms with E-state index in [0.29, 0.717) is 33.1 Å². The SMILES string of the molecule is CS(=O)(=O)CN1C(=O)S/C(=C\c2ccc3c(cnn3Cc3ccc(C#N)cc3C(F)(F)F)c2)C1=O. The van der Waals surface area contributed by atoms with Crippen molar-refractivity contribution in [3.8, 4) is 6.07 Å². The van der Waals surface area contributed by atoms with Crippen molar-refractivity contribution < 1.29 is 31.2 Å². The number of carbonyl (C=O) groups is 2. The first-order chi connectivity index (χ1) is 16.4. The standard InChI is InChI=1S/C22H15F3N4O4S2/c1-35(32,33)12-28-20(30)19(34-21(28)31)8-13-3-5-18-16(6-13)10-27-29(18)11-15-4-2-14(9-26)7-17(15)22(23,24)25/h2-8,10H,11-12H2,1H3/b19-8-. The summed E-state index contributed by atoms with van der Waals surface area (Å²) in [6.45, 7) is -0.187. The summed E-state index contributed by atoms with van der Waals surface area (Å²) in [4.78, 5) is 25.2. The maximum atomic E-state index is 13.5. The number of nitrogens with zero attached hydrogens (tertiary/aromatic N) is 4. The summed E-state index contributed by atoms with van der Waals surface area (Å²) in [5.74, 6) is -1.43. The summed E-state index contributed by atoms with van der Waals surface area (Å²) in [5.41, 5.74) is -0.00942. The van der Waals surface area contributed by atoms with Crippen LogP contribution in [0.1, 0.15) is 22.3 Å². The molecule has 13 heteroatoms. The summed E-state index contributed by atoms with van der Waals surface area (Å²) < 4.78 is 64.8. The van der Waals surface area contributed by atoms with E-state index in [4.69, 9.17) is 5.26 Å². The zero-order valence-electron chi connectivity index (χ0n) is 17.9. The molecule has 0 spiro atoms. The van der Waals surface area contributed by atoms with Gasteiger partial charge in [-0.1, -0.05) is 12.1 Å². The zero-order valence-corrected chi connectivity index (χ0v) is 19.5. The predicted molar refractivity (Wildman–Crippen MR) is 123 cm³/mol. The first-order valence-corrected chi connectivity index (χ1v) is 12.7. The van der Waals surface area contributed by atoms with Crippen LogP contribution >= 0.6 is 11.8 Å². The Morgan fingerprint density at radius 1 is 1.17 bits per heavy atom. The van der Waals surface area contributed by atoms with Crippen molar-refractivity contribution in [1.82, 2.24) is 14.7 Å². The number of sulfone groups is 1. The van der Waals surface area contributed by atoms with Gasteiger partial charge >= 0.3 is 6.18 Å². The molecule has 2 aromatic carbocycles. The number of alkyl halides is 3. The Labute approximate surface area is 201 Å². The van der Waals surface area contributed by atoms with Gasteiger partial charge in [-0.15, -0.1) is 0 Å². The molecule has 4 rings (SSSR count). The van der Waals surface area contributed by atoms with E-state index in [1.807, 2.05) is 0 Å². The number of hydrogen-bond donors (Lipinski definition) is 0. The normalized spacial score (nSPS) is 15.9. The van der Waals surface area contributed by atoms with Crippen molar-refractivity contribution in [3.63, 3.8) is 0 Å². The molecule has 1 fully saturated rings. The minimum atomic E-state index is -4.64. The summed E-state index contributed by atoms with van der Waals surface area (Å²) in [5, 5.41) is 13.0. The lowest BCUT2D eigenvalue weighted by atomic mass is 10.0. The molecule has 8 nitrogen and oxygen atoms in total. The highest BCUT2D eigenvalue weighted by Crippen LogP contribution is 2.34. The van der Waals surface area contributed by atoms with Gasteiger partial charge in [-0.2, -0.15) is 23.5 Å². The molecule has 2 heterocycles. The van der Waals surface area contributed by atoms with E-state index in [-0.39, 0.29) is 22.6 Å². The summed E-state index contributed by atoms with van der Waals surface area (Å²) in [7, 11) is -3.59. The van der Waals surface area contributed by atoms with Crippen LogP contribution in [0.4, 0.5) is 18.0 Å². The largest absolute Gasteiger partial charge is 0.416 e. The zero-order chi connectivity index (χ0) is 25.5. The third-order valence-electron chi connectivity index (χ3n) is 5.07. The van der Waals surface area contributed by atoms with E-state index in [9.17, 15) is 31.2 Å². The topological polar surface area (TPSA) is 113 Å². The molecule has 2 amide bonds. The Hall–Kier alpha value is -3.63. The third kappa shape index (κ3) is 5.23. The fourth-order valence-corrected chi connectivity index (χ4v) is 5.15. The van der Waals surface area contributed by atoms with E-state index in [1.165, 1.54) is 29.1 Å². The van der Waals surface area contributed by atoms with Gasteiger partial charge in [-0.25, -0.2) is 8.42 Å². The van der Waals surface area contributed by atoms with Gasteiger partial charge in [0.2, 0.25) is 0 Å². The minimum Gasteiger partial charge on any atom is -0.268 e. The molecule has 1 aliphatic rings. The number of carbonyl (C=O) groups excluding carboxylic acids is 2. The summed E-state index contributed by atoms with van der Waals surface area (Å²) in [6, 6.07) is 9.93. The number of fused-ring (bicyclic) bond motifs is 1. The summed E-state index contributed by atoms with van der Waals surface area (Å²) in [6.07, 6.45) is -0.829. The van der Waals surface area contributed by atoms with E-state index < -0.39 is 38.6 Å². The molecule has 0 bridgehead atoms. The van der Waals surface area contributed by atoms with Crippen molar-refractivity contribution in [1.29, 1.82) is 5.26 Å². The molecule has 35 heavy (non-hydrogen) atoms. The highest BCUT2D eigenvalue weighted by atomic mass is 32.2. The number of nitriles is 1. The van der Waals surface area contributed by atoms with Crippen LogP contribution in [0.15, 0.2) is 47.5 Å². The second-order valence-corrected chi connectivity index (χ2v) is 10.9. The number of rotatable bonds is 5. The molecule has 1 aliphatic heterocycles. The van der Waals surface area contributed by atoms with Gasteiger partial charge in [0.1, 0.15) is 5.88 Å². The van der Waals surface area contributed by atoms with Crippen LogP contribution < -0.4 is 0 Å². The quantitative estimate of drug-likeness (QED) is 0.467. The second kappa shape index (κ2) is 8.86. The van der Waals surface area contributed by atoms with Gasteiger partial charge in [0.15, 0.2) is 9.84 Å². The molecule has 0 saturated carbocycles. The highest BCUT2D eigenvalue weighted by molar-refractivity contribution is 8.18.